The Balaban J connectivity index is 2.77. The summed E-state index contributed by atoms with van der Waals surface area (Å²) in [5, 5.41) is 0. The van der Waals surface area contributed by atoms with Crippen molar-refractivity contribution < 1.29 is 8.96 Å². The largest absolute Gasteiger partial charge is 0.359 e. The third-order valence-corrected chi connectivity index (χ3v) is 1.45. The summed E-state index contributed by atoms with van der Waals surface area (Å²) in [6, 6.07) is 4.82. The Hall–Kier alpha value is -0.890. The van der Waals surface area contributed by atoms with Gasteiger partial charge in [-0.1, -0.05) is 11.6 Å². The van der Waals surface area contributed by atoms with Crippen molar-refractivity contribution in [1.29, 1.82) is 0 Å². The average molecular weight is 173 g/mol. The first kappa shape index (κ1) is 8.21. The van der Waals surface area contributed by atoms with E-state index in [0.29, 0.717) is 6.54 Å². The van der Waals surface area contributed by atoms with Crippen LogP contribution in [0.4, 0.5) is 4.39 Å². The molecule has 0 amide bonds. The van der Waals surface area contributed by atoms with Crippen LogP contribution in [-0.2, 0) is 6.54 Å². The Morgan fingerprint density at radius 3 is 3.00 bits per heavy atom. The first-order chi connectivity index (χ1) is 5.34. The summed E-state index contributed by atoms with van der Waals surface area (Å²) in [7, 11) is 0. The van der Waals surface area contributed by atoms with E-state index in [4.69, 9.17) is 11.6 Å². The van der Waals surface area contributed by atoms with Gasteiger partial charge in [0.25, 0.3) is 0 Å². The van der Waals surface area contributed by atoms with Crippen molar-refractivity contribution in [3.05, 3.63) is 42.0 Å². The molecule has 0 saturated heterocycles. The van der Waals surface area contributed by atoms with Gasteiger partial charge in [0.05, 0.1) is 0 Å². The summed E-state index contributed by atoms with van der Waals surface area (Å²) in [4.78, 5) is 0. The number of aromatic nitrogens is 1. The number of halogens is 2. The average Bonchev–Trinajstić information content (AvgIpc) is 2.03. The molecule has 0 fully saturated rings. The fourth-order valence-electron chi connectivity index (χ4n) is 0.757. The van der Waals surface area contributed by atoms with E-state index >= 15 is 0 Å². The number of nitrogens with zero attached hydrogens (tertiary/aromatic N) is 1. The van der Waals surface area contributed by atoms with E-state index < -0.39 is 0 Å². The summed E-state index contributed by atoms with van der Waals surface area (Å²) in [6.07, 6.45) is 3.33. The van der Waals surface area contributed by atoms with E-state index in [1.807, 2.05) is 0 Å². The molecule has 0 spiro atoms. The van der Waals surface area contributed by atoms with Gasteiger partial charge in [0.2, 0.25) is 0 Å². The van der Waals surface area contributed by atoms with Crippen molar-refractivity contribution in [2.75, 3.05) is 0 Å². The molecule has 0 aliphatic carbocycles. The summed E-state index contributed by atoms with van der Waals surface area (Å²) < 4.78 is 14.3. The van der Waals surface area contributed by atoms with Gasteiger partial charge in [-0.2, -0.15) is 4.57 Å². The molecule has 1 heterocycles. The lowest BCUT2D eigenvalue weighted by molar-refractivity contribution is -0.714. The molecule has 0 unspecified atom stereocenters. The summed E-state index contributed by atoms with van der Waals surface area (Å²) in [5.74, 6) is -0.262. The smallest absolute Gasteiger partial charge is 0.170 e. The van der Waals surface area contributed by atoms with Gasteiger partial charge in [0.1, 0.15) is 0 Å². The minimum atomic E-state index is -0.262. The third-order valence-electron chi connectivity index (χ3n) is 1.28. The van der Waals surface area contributed by atoms with Gasteiger partial charge < -0.3 is 0 Å². The van der Waals surface area contributed by atoms with Crippen molar-refractivity contribution in [3.8, 4) is 0 Å². The fraction of sp³-hybridized carbons (Fsp3) is 0.125. The molecule has 1 aromatic heterocycles. The number of allylic oxidation sites excluding steroid dienone is 1. The molecule has 3 heteroatoms. The summed E-state index contributed by atoms with van der Waals surface area (Å²) in [6.45, 7) is 0.468. The zero-order valence-electron chi connectivity index (χ0n) is 5.87. The Labute approximate surface area is 69.7 Å². The minimum Gasteiger partial charge on any atom is -0.170 e. The second-order valence-corrected chi connectivity index (χ2v) is 2.29. The molecule has 1 aromatic rings. The Kier molecular flexibility index (Phi) is 3.05. The predicted octanol–water partition coefficient (Wildman–Crippen LogP) is 1.87. The van der Waals surface area contributed by atoms with Crippen LogP contribution < -0.4 is 4.57 Å². The van der Waals surface area contributed by atoms with Crippen molar-refractivity contribution in [1.82, 2.24) is 0 Å². The molecule has 0 N–H and O–H groups in total. The molecular weight excluding hydrogens is 165 g/mol. The van der Waals surface area contributed by atoms with Crippen LogP contribution in [0.3, 0.4) is 0 Å². The van der Waals surface area contributed by atoms with Crippen molar-refractivity contribution in [2.24, 2.45) is 0 Å². The van der Waals surface area contributed by atoms with Gasteiger partial charge in [-0.05, 0) is 12.1 Å². The number of hydrogen-bond donors (Lipinski definition) is 0. The highest BCUT2D eigenvalue weighted by Gasteiger charge is 2.03. The van der Waals surface area contributed by atoms with E-state index in [1.165, 1.54) is 16.2 Å². The maximum Gasteiger partial charge on any atom is 0.359 e. The second kappa shape index (κ2) is 4.09. The zero-order valence-corrected chi connectivity index (χ0v) is 6.63. The molecule has 0 aromatic carbocycles. The maximum atomic E-state index is 12.8. The Morgan fingerprint density at radius 2 is 2.36 bits per heavy atom. The standard InChI is InChI=1S/C8H8ClFN/c9-5-3-7-11-6-2-1-4-8(11)10/h1-6H,7H2/q+1/b5-3+. The van der Waals surface area contributed by atoms with Gasteiger partial charge >= 0.3 is 5.95 Å². The molecule has 0 atom stereocenters. The number of pyridine rings is 1. The normalized spacial score (nSPS) is 10.7. The molecule has 0 radical (unpaired) electrons. The lowest BCUT2D eigenvalue weighted by atomic mass is 10.4. The minimum absolute atomic E-state index is 0.262. The van der Waals surface area contributed by atoms with Crippen LogP contribution in [-0.4, -0.2) is 0 Å². The number of hydrogen-bond acceptors (Lipinski definition) is 0. The highest BCUT2D eigenvalue weighted by atomic mass is 35.5. The second-order valence-electron chi connectivity index (χ2n) is 2.04. The molecule has 0 saturated carbocycles. The molecule has 1 rings (SSSR count). The number of rotatable bonds is 2. The van der Waals surface area contributed by atoms with Crippen LogP contribution in [0, 0.1) is 5.95 Å². The van der Waals surface area contributed by atoms with Gasteiger partial charge in [0, 0.05) is 17.7 Å². The Morgan fingerprint density at radius 1 is 1.55 bits per heavy atom. The van der Waals surface area contributed by atoms with Gasteiger partial charge in [-0.3, -0.25) is 0 Å². The van der Waals surface area contributed by atoms with Crippen molar-refractivity contribution in [2.45, 2.75) is 6.54 Å². The highest BCUT2D eigenvalue weighted by molar-refractivity contribution is 6.25. The highest BCUT2D eigenvalue weighted by Crippen LogP contribution is 1.88. The Bertz CT molecular complexity index is 260. The summed E-state index contributed by atoms with van der Waals surface area (Å²) in [5.41, 5.74) is 1.37. The van der Waals surface area contributed by atoms with E-state index in [-0.39, 0.29) is 5.95 Å². The van der Waals surface area contributed by atoms with Crippen LogP contribution >= 0.6 is 11.6 Å². The SMILES string of the molecule is Fc1cccc[n+]1C/C=C/Cl. The first-order valence-electron chi connectivity index (χ1n) is 3.24. The predicted molar refractivity (Wildman–Crippen MR) is 41.6 cm³/mol. The van der Waals surface area contributed by atoms with Crippen LogP contribution in [0.1, 0.15) is 0 Å². The quantitative estimate of drug-likeness (QED) is 0.474. The fourth-order valence-corrected chi connectivity index (χ4v) is 0.837. The lowest BCUT2D eigenvalue weighted by Gasteiger charge is -1.90. The summed E-state index contributed by atoms with van der Waals surface area (Å²) >= 11 is 5.29. The zero-order chi connectivity index (χ0) is 8.10. The van der Waals surface area contributed by atoms with Gasteiger partial charge in [-0.25, -0.2) is 0 Å². The molecular formula is C8H8ClFN+. The maximum absolute atomic E-state index is 12.8. The van der Waals surface area contributed by atoms with Crippen LogP contribution in [0.5, 0.6) is 0 Å². The van der Waals surface area contributed by atoms with E-state index in [9.17, 15) is 4.39 Å². The van der Waals surface area contributed by atoms with Crippen LogP contribution in [0.15, 0.2) is 36.0 Å². The van der Waals surface area contributed by atoms with E-state index in [0.717, 1.165) is 0 Å². The molecule has 1 nitrogen and oxygen atoms in total. The molecule has 0 aliphatic rings. The molecule has 0 bridgehead atoms. The molecule has 11 heavy (non-hydrogen) atoms. The van der Waals surface area contributed by atoms with E-state index in [1.54, 1.807) is 24.4 Å². The molecule has 0 aliphatic heterocycles. The third kappa shape index (κ3) is 2.31. The topological polar surface area (TPSA) is 3.88 Å². The van der Waals surface area contributed by atoms with Crippen molar-refractivity contribution in [3.63, 3.8) is 0 Å². The lowest BCUT2D eigenvalue weighted by Crippen LogP contribution is -2.36. The van der Waals surface area contributed by atoms with Gasteiger partial charge in [-0.15, -0.1) is 4.39 Å². The van der Waals surface area contributed by atoms with E-state index in [2.05, 4.69) is 0 Å². The van der Waals surface area contributed by atoms with Gasteiger partial charge in [0.15, 0.2) is 12.7 Å². The van der Waals surface area contributed by atoms with Crippen molar-refractivity contribution >= 4 is 11.6 Å². The van der Waals surface area contributed by atoms with Crippen LogP contribution in [0.2, 0.25) is 0 Å². The van der Waals surface area contributed by atoms with Crippen LogP contribution in [0.25, 0.3) is 0 Å². The molecule has 58 valence electrons. The first-order valence-corrected chi connectivity index (χ1v) is 3.67. The monoisotopic (exact) mass is 172 g/mol.